The molecule has 11 nitrogen and oxygen atoms in total. The molecule has 2 saturated heterocycles. The van der Waals surface area contributed by atoms with E-state index in [1.807, 2.05) is 28.8 Å². The number of nitrogens with one attached hydrogen (secondary N) is 1. The zero-order valence-corrected chi connectivity index (χ0v) is 34.3. The number of carbonyl (C=O) groups excluding carboxylic acids is 2. The second kappa shape index (κ2) is 18.0. The molecule has 0 radical (unpaired) electrons. The molecule has 4 heterocycles. The van der Waals surface area contributed by atoms with E-state index in [-0.39, 0.29) is 11.9 Å². The van der Waals surface area contributed by atoms with Gasteiger partial charge in [0, 0.05) is 87.5 Å². The third kappa shape index (κ3) is 9.22. The molecule has 0 bridgehead atoms. The Morgan fingerprint density at radius 1 is 0.877 bits per heavy atom. The van der Waals surface area contributed by atoms with Crippen LogP contribution >= 0.6 is 0 Å². The van der Waals surface area contributed by atoms with E-state index in [4.69, 9.17) is 20.6 Å². The topological polar surface area (TPSA) is 122 Å². The first-order valence-electron chi connectivity index (χ1n) is 20.7. The molecule has 0 saturated carbocycles. The second-order valence-electron chi connectivity index (χ2n) is 15.7. The number of ether oxygens (including phenoxy) is 1. The van der Waals surface area contributed by atoms with Gasteiger partial charge in [0.2, 0.25) is 5.91 Å². The van der Waals surface area contributed by atoms with Crippen LogP contribution in [-0.4, -0.2) is 93.3 Å². The van der Waals surface area contributed by atoms with E-state index in [9.17, 15) is 9.59 Å². The third-order valence-corrected chi connectivity index (χ3v) is 11.7. The molecular formula is C46H58N8O3. The van der Waals surface area contributed by atoms with E-state index < -0.39 is 5.91 Å². The number of amides is 2. The van der Waals surface area contributed by atoms with Crippen LogP contribution in [0.3, 0.4) is 0 Å². The number of aryl methyl sites for hydroxylation is 4. The van der Waals surface area contributed by atoms with Gasteiger partial charge < -0.3 is 25.6 Å². The Balaban J connectivity index is 1.27. The second-order valence-corrected chi connectivity index (χ2v) is 15.7. The number of primary amides is 1. The van der Waals surface area contributed by atoms with Crippen molar-refractivity contribution < 1.29 is 14.3 Å². The Kier molecular flexibility index (Phi) is 12.7. The first-order chi connectivity index (χ1) is 27.6. The number of benzene rings is 3. The minimum absolute atomic E-state index is 0.183. The van der Waals surface area contributed by atoms with Gasteiger partial charge in [0.1, 0.15) is 0 Å². The maximum atomic E-state index is 14.9. The minimum atomic E-state index is -0.563. The molecular weight excluding hydrogens is 713 g/mol. The average molecular weight is 771 g/mol. The van der Waals surface area contributed by atoms with Crippen LogP contribution in [-0.2, 0) is 37.3 Å². The van der Waals surface area contributed by atoms with Crippen LogP contribution in [0.25, 0.3) is 22.2 Å². The average Bonchev–Trinajstić information content (AvgIpc) is 3.65. The molecule has 2 aliphatic heterocycles. The highest BCUT2D eigenvalue weighted by atomic mass is 16.5. The van der Waals surface area contributed by atoms with Crippen molar-refractivity contribution >= 4 is 28.5 Å². The van der Waals surface area contributed by atoms with E-state index in [2.05, 4.69) is 85.3 Å². The Bertz CT molecular complexity index is 2220. The Hall–Kier alpha value is -5.10. The van der Waals surface area contributed by atoms with Crippen molar-refractivity contribution in [1.82, 2.24) is 29.5 Å². The third-order valence-electron chi connectivity index (χ3n) is 11.7. The van der Waals surface area contributed by atoms with Crippen molar-refractivity contribution in [2.24, 2.45) is 5.73 Å². The summed E-state index contributed by atoms with van der Waals surface area (Å²) in [6.07, 6.45) is 4.35. The van der Waals surface area contributed by atoms with Crippen molar-refractivity contribution in [3.63, 3.8) is 0 Å². The molecule has 0 aliphatic carbocycles. The number of carbonyl (C=O) groups is 2. The predicted molar refractivity (Wildman–Crippen MR) is 227 cm³/mol. The molecule has 3 aromatic carbocycles. The summed E-state index contributed by atoms with van der Waals surface area (Å²) >= 11 is 0. The van der Waals surface area contributed by atoms with Crippen LogP contribution in [0.2, 0.25) is 0 Å². The number of aromatic nitrogens is 3. The summed E-state index contributed by atoms with van der Waals surface area (Å²) in [5.41, 5.74) is 16.8. The van der Waals surface area contributed by atoms with Gasteiger partial charge in [0.05, 0.1) is 23.8 Å². The standard InChI is InChI=1S/C46H58N8O3/c1-6-42-41(43(49-38-14-20-57-21-15-38)40-27-48-54(8-3)45(40)50-42)30-53(46(56)37-23-31(4)22-36(26-37)44(47)55)29-34-13-12-32(5)39(25-34)35-11-9-10-33(24-35)28-52-18-16-51(7-2)17-19-52/h9-13,22-27,38H,6-8,14-21,28-30H2,1-5H3,(H2,47,55)(H,49,50). The monoisotopic (exact) mass is 770 g/mol. The molecule has 0 unspecified atom stereocenters. The Labute approximate surface area is 337 Å². The number of piperazine rings is 1. The summed E-state index contributed by atoms with van der Waals surface area (Å²) in [6.45, 7) is 19.6. The van der Waals surface area contributed by atoms with E-state index >= 15 is 0 Å². The highest BCUT2D eigenvalue weighted by Gasteiger charge is 2.26. The zero-order valence-electron chi connectivity index (χ0n) is 34.3. The van der Waals surface area contributed by atoms with Gasteiger partial charge in [0.15, 0.2) is 5.65 Å². The van der Waals surface area contributed by atoms with Crippen LogP contribution in [0.1, 0.15) is 87.8 Å². The van der Waals surface area contributed by atoms with Crippen LogP contribution in [0.15, 0.2) is 66.9 Å². The molecule has 11 heteroatoms. The largest absolute Gasteiger partial charge is 0.381 e. The van der Waals surface area contributed by atoms with Crippen LogP contribution < -0.4 is 11.1 Å². The maximum absolute atomic E-state index is 14.9. The number of rotatable bonds is 14. The van der Waals surface area contributed by atoms with Gasteiger partial charge >= 0.3 is 0 Å². The number of nitrogens with two attached hydrogens (primary N) is 1. The highest BCUT2D eigenvalue weighted by molar-refractivity contribution is 6.00. The van der Waals surface area contributed by atoms with Gasteiger partial charge in [-0.1, -0.05) is 44.2 Å². The van der Waals surface area contributed by atoms with Crippen LogP contribution in [0.4, 0.5) is 5.69 Å². The number of nitrogens with zero attached hydrogens (tertiary/aromatic N) is 6. The quantitative estimate of drug-likeness (QED) is 0.124. The van der Waals surface area contributed by atoms with E-state index in [1.54, 1.807) is 12.1 Å². The zero-order chi connectivity index (χ0) is 40.1. The Morgan fingerprint density at radius 3 is 2.35 bits per heavy atom. The Morgan fingerprint density at radius 2 is 1.63 bits per heavy atom. The lowest BCUT2D eigenvalue weighted by Gasteiger charge is -2.34. The number of anilines is 1. The fraction of sp³-hybridized carbons (Fsp3) is 0.435. The lowest BCUT2D eigenvalue weighted by atomic mass is 9.96. The molecule has 5 aromatic rings. The normalized spacial score (nSPS) is 15.6. The van der Waals surface area contributed by atoms with Gasteiger partial charge in [0.25, 0.3) is 5.91 Å². The summed E-state index contributed by atoms with van der Waals surface area (Å²) in [4.78, 5) is 39.4. The minimum Gasteiger partial charge on any atom is -0.381 e. The molecule has 2 amide bonds. The fourth-order valence-corrected chi connectivity index (χ4v) is 8.36. The van der Waals surface area contributed by atoms with Gasteiger partial charge in [-0.3, -0.25) is 14.5 Å². The number of hydrogen-bond donors (Lipinski definition) is 2. The molecule has 0 atom stereocenters. The molecule has 300 valence electrons. The molecule has 0 spiro atoms. The highest BCUT2D eigenvalue weighted by Crippen LogP contribution is 2.34. The van der Waals surface area contributed by atoms with Gasteiger partial charge in [-0.25, -0.2) is 9.67 Å². The van der Waals surface area contributed by atoms with Crippen molar-refractivity contribution in [3.05, 3.63) is 111 Å². The number of hydrogen-bond acceptors (Lipinski definition) is 8. The van der Waals surface area contributed by atoms with Gasteiger partial charge in [-0.05, 0) is 110 Å². The summed E-state index contributed by atoms with van der Waals surface area (Å²) in [5.74, 6) is -0.747. The number of fused-ring (bicyclic) bond motifs is 1. The molecule has 2 aliphatic rings. The van der Waals surface area contributed by atoms with Crippen molar-refractivity contribution in [1.29, 1.82) is 0 Å². The SMILES string of the molecule is CCc1nc2c(cnn2CC)c(NC2CCOCC2)c1CN(Cc1ccc(C)c(-c2cccc(CN3CCN(CC)CC3)c2)c1)C(=O)c1cc(C)cc(C(N)=O)c1. The first-order valence-corrected chi connectivity index (χ1v) is 20.7. The molecule has 3 N–H and O–H groups in total. The predicted octanol–water partition coefficient (Wildman–Crippen LogP) is 6.97. The van der Waals surface area contributed by atoms with Gasteiger partial charge in [-0.2, -0.15) is 5.10 Å². The van der Waals surface area contributed by atoms with Crippen LogP contribution in [0, 0.1) is 13.8 Å². The van der Waals surface area contributed by atoms with Crippen molar-refractivity contribution in [2.75, 3.05) is 51.3 Å². The lowest BCUT2D eigenvalue weighted by Crippen LogP contribution is -2.45. The number of likely N-dealkylation sites (N-methyl/N-ethyl adjacent to an activating group) is 1. The van der Waals surface area contributed by atoms with Gasteiger partial charge in [-0.15, -0.1) is 0 Å². The lowest BCUT2D eigenvalue weighted by molar-refractivity contribution is 0.0729. The molecule has 2 fully saturated rings. The molecule has 57 heavy (non-hydrogen) atoms. The molecule has 7 rings (SSSR count). The van der Waals surface area contributed by atoms with E-state index in [1.165, 1.54) is 16.7 Å². The van der Waals surface area contributed by atoms with Crippen molar-refractivity contribution in [2.45, 2.75) is 86.1 Å². The fourth-order valence-electron chi connectivity index (χ4n) is 8.36. The number of pyridine rings is 1. The molecule has 2 aromatic heterocycles. The van der Waals surface area contributed by atoms with Crippen molar-refractivity contribution in [3.8, 4) is 11.1 Å². The smallest absolute Gasteiger partial charge is 0.254 e. The van der Waals surface area contributed by atoms with E-state index in [0.717, 1.165) is 96.8 Å². The summed E-state index contributed by atoms with van der Waals surface area (Å²) < 4.78 is 7.64. The maximum Gasteiger partial charge on any atom is 0.254 e. The summed E-state index contributed by atoms with van der Waals surface area (Å²) in [5, 5.41) is 9.53. The van der Waals surface area contributed by atoms with Crippen LogP contribution in [0.5, 0.6) is 0 Å². The summed E-state index contributed by atoms with van der Waals surface area (Å²) in [7, 11) is 0. The summed E-state index contributed by atoms with van der Waals surface area (Å²) in [6, 6.07) is 20.8. The first kappa shape index (κ1) is 40.1. The van der Waals surface area contributed by atoms with E-state index in [0.29, 0.717) is 50.4 Å².